The molecule has 2 rings (SSSR count). The maximum Gasteiger partial charge on any atom is 0.123 e. The number of benzene rings is 2. The van der Waals surface area contributed by atoms with E-state index in [0.717, 1.165) is 11.3 Å². The maximum absolute atomic E-state index is 12.9. The average molecular weight is 293 g/mol. The van der Waals surface area contributed by atoms with Gasteiger partial charge in [0, 0.05) is 17.3 Å². The summed E-state index contributed by atoms with van der Waals surface area (Å²) >= 11 is 5.87. The number of rotatable bonds is 5. The first-order valence-electron chi connectivity index (χ1n) is 6.49. The van der Waals surface area contributed by atoms with Crippen LogP contribution in [0.5, 0.6) is 0 Å². The van der Waals surface area contributed by atoms with Gasteiger partial charge in [0.2, 0.25) is 0 Å². The Labute approximate surface area is 123 Å². The van der Waals surface area contributed by atoms with Crippen LogP contribution in [0.1, 0.15) is 12.5 Å². The Bertz CT molecular complexity index is 504. The highest BCUT2D eigenvalue weighted by molar-refractivity contribution is 6.30. The molecule has 3 N–H and O–H groups in total. The monoisotopic (exact) mass is 292 g/mol. The van der Waals surface area contributed by atoms with Crippen molar-refractivity contribution in [1.82, 2.24) is 0 Å². The Balaban J connectivity index is 2.12. The summed E-state index contributed by atoms with van der Waals surface area (Å²) in [5, 5.41) is 4.12. The molecule has 1 atom stereocenters. The molecule has 2 aromatic carbocycles. The van der Waals surface area contributed by atoms with Crippen molar-refractivity contribution in [2.24, 2.45) is 5.73 Å². The number of anilines is 1. The van der Waals surface area contributed by atoms with Crippen LogP contribution in [0.4, 0.5) is 10.1 Å². The number of hydrogen-bond acceptors (Lipinski definition) is 2. The zero-order valence-electron chi connectivity index (χ0n) is 11.4. The van der Waals surface area contributed by atoms with Gasteiger partial charge in [-0.25, -0.2) is 4.39 Å². The second-order valence-electron chi connectivity index (χ2n) is 5.20. The molecule has 20 heavy (non-hydrogen) atoms. The van der Waals surface area contributed by atoms with E-state index in [1.54, 1.807) is 12.1 Å². The van der Waals surface area contributed by atoms with E-state index in [2.05, 4.69) is 5.32 Å². The first-order valence-corrected chi connectivity index (χ1v) is 6.87. The number of nitrogens with one attached hydrogen (secondary N) is 1. The molecule has 0 amide bonds. The molecule has 0 spiro atoms. The highest BCUT2D eigenvalue weighted by atomic mass is 35.5. The normalized spacial score (nSPS) is 13.8. The maximum atomic E-state index is 12.9. The second-order valence-corrected chi connectivity index (χ2v) is 5.64. The van der Waals surface area contributed by atoms with Gasteiger partial charge in [-0.2, -0.15) is 0 Å². The summed E-state index contributed by atoms with van der Waals surface area (Å²) in [6.07, 6.45) is 0.715. The fraction of sp³-hybridized carbons (Fsp3) is 0.250. The molecule has 2 nitrogen and oxygen atoms in total. The van der Waals surface area contributed by atoms with Gasteiger partial charge in [0.25, 0.3) is 0 Å². The summed E-state index contributed by atoms with van der Waals surface area (Å²) in [5.41, 5.74) is 7.60. The number of hydrogen-bond donors (Lipinski definition) is 2. The lowest BCUT2D eigenvalue weighted by Gasteiger charge is -2.31. The minimum atomic E-state index is -0.300. The highest BCUT2D eigenvalue weighted by Crippen LogP contribution is 2.21. The van der Waals surface area contributed by atoms with Crippen molar-refractivity contribution in [2.45, 2.75) is 18.9 Å². The highest BCUT2D eigenvalue weighted by Gasteiger charge is 2.22. The van der Waals surface area contributed by atoms with Crippen LogP contribution in [0, 0.1) is 5.82 Å². The van der Waals surface area contributed by atoms with E-state index in [0.29, 0.717) is 18.0 Å². The predicted molar refractivity (Wildman–Crippen MR) is 82.6 cm³/mol. The van der Waals surface area contributed by atoms with Crippen LogP contribution in [-0.2, 0) is 6.42 Å². The third-order valence-electron chi connectivity index (χ3n) is 3.25. The first kappa shape index (κ1) is 14.8. The molecule has 0 saturated carbocycles. The molecule has 1 unspecified atom stereocenters. The van der Waals surface area contributed by atoms with Crippen molar-refractivity contribution in [2.75, 3.05) is 11.9 Å². The zero-order valence-corrected chi connectivity index (χ0v) is 12.1. The molecule has 0 aromatic heterocycles. The third kappa shape index (κ3) is 3.95. The summed E-state index contributed by atoms with van der Waals surface area (Å²) in [6, 6.07) is 14.0. The molecule has 0 aliphatic carbocycles. The summed E-state index contributed by atoms with van der Waals surface area (Å²) in [6.45, 7) is 2.51. The van der Waals surface area contributed by atoms with Crippen molar-refractivity contribution in [1.29, 1.82) is 0 Å². The van der Waals surface area contributed by atoms with E-state index >= 15 is 0 Å². The van der Waals surface area contributed by atoms with E-state index in [1.165, 1.54) is 12.1 Å². The molecule has 106 valence electrons. The molecule has 0 aliphatic heterocycles. The Morgan fingerprint density at radius 1 is 1.10 bits per heavy atom. The van der Waals surface area contributed by atoms with Crippen LogP contribution >= 0.6 is 11.6 Å². The Hall–Kier alpha value is -1.58. The SMILES string of the molecule is CC(CN)(Cc1ccc(F)cc1)Nc1ccc(Cl)cc1. The van der Waals surface area contributed by atoms with Crippen LogP contribution in [0.3, 0.4) is 0 Å². The van der Waals surface area contributed by atoms with E-state index in [4.69, 9.17) is 17.3 Å². The largest absolute Gasteiger partial charge is 0.378 e. The van der Waals surface area contributed by atoms with Crippen LogP contribution < -0.4 is 11.1 Å². The molecule has 0 radical (unpaired) electrons. The molecule has 4 heteroatoms. The fourth-order valence-electron chi connectivity index (χ4n) is 2.10. The van der Waals surface area contributed by atoms with E-state index in [1.807, 2.05) is 31.2 Å². The quantitative estimate of drug-likeness (QED) is 0.878. The van der Waals surface area contributed by atoms with Crippen molar-refractivity contribution in [3.05, 3.63) is 64.9 Å². The Kier molecular flexibility index (Phi) is 4.63. The summed E-state index contributed by atoms with van der Waals surface area (Å²) in [7, 11) is 0. The van der Waals surface area contributed by atoms with Gasteiger partial charge in [0.15, 0.2) is 0 Å². The second kappa shape index (κ2) is 6.25. The Morgan fingerprint density at radius 2 is 1.70 bits per heavy atom. The smallest absolute Gasteiger partial charge is 0.123 e. The topological polar surface area (TPSA) is 38.0 Å². The molecule has 0 heterocycles. The molecular weight excluding hydrogens is 275 g/mol. The van der Waals surface area contributed by atoms with Crippen molar-refractivity contribution >= 4 is 17.3 Å². The lowest BCUT2D eigenvalue weighted by atomic mass is 9.92. The fourth-order valence-corrected chi connectivity index (χ4v) is 2.23. The van der Waals surface area contributed by atoms with Crippen LogP contribution in [-0.4, -0.2) is 12.1 Å². The molecule has 2 aromatic rings. The predicted octanol–water partition coefficient (Wildman–Crippen LogP) is 3.85. The zero-order chi connectivity index (χ0) is 14.6. The lowest BCUT2D eigenvalue weighted by molar-refractivity contribution is 0.520. The van der Waals surface area contributed by atoms with Crippen LogP contribution in [0.25, 0.3) is 0 Å². The van der Waals surface area contributed by atoms with Crippen molar-refractivity contribution < 1.29 is 4.39 Å². The van der Waals surface area contributed by atoms with Gasteiger partial charge in [0.05, 0.1) is 5.54 Å². The number of halogens is 2. The molecule has 0 bridgehead atoms. The van der Waals surface area contributed by atoms with Crippen LogP contribution in [0.2, 0.25) is 5.02 Å². The van der Waals surface area contributed by atoms with E-state index < -0.39 is 0 Å². The molecular formula is C16H18ClFN2. The van der Waals surface area contributed by atoms with Gasteiger partial charge in [-0.1, -0.05) is 23.7 Å². The molecule has 0 saturated heterocycles. The first-order chi connectivity index (χ1) is 9.50. The minimum absolute atomic E-state index is 0.228. The summed E-state index contributed by atoms with van der Waals surface area (Å²) in [4.78, 5) is 0. The average Bonchev–Trinajstić information content (AvgIpc) is 2.44. The van der Waals surface area contributed by atoms with Gasteiger partial charge in [0.1, 0.15) is 5.82 Å². The van der Waals surface area contributed by atoms with Crippen molar-refractivity contribution in [3.63, 3.8) is 0 Å². The van der Waals surface area contributed by atoms with Gasteiger partial charge < -0.3 is 11.1 Å². The molecule has 0 fully saturated rings. The Morgan fingerprint density at radius 3 is 2.25 bits per heavy atom. The summed E-state index contributed by atoms with van der Waals surface area (Å²) < 4.78 is 12.9. The van der Waals surface area contributed by atoms with E-state index in [-0.39, 0.29) is 11.4 Å². The van der Waals surface area contributed by atoms with Gasteiger partial charge in [-0.3, -0.25) is 0 Å². The number of nitrogens with two attached hydrogens (primary N) is 1. The standard InChI is InChI=1S/C16H18ClFN2/c1-16(11-19,10-12-2-6-14(18)7-3-12)20-15-8-4-13(17)5-9-15/h2-9,20H,10-11,19H2,1H3. The minimum Gasteiger partial charge on any atom is -0.378 e. The van der Waals surface area contributed by atoms with Gasteiger partial charge >= 0.3 is 0 Å². The van der Waals surface area contributed by atoms with E-state index in [9.17, 15) is 4.39 Å². The lowest BCUT2D eigenvalue weighted by Crippen LogP contribution is -2.44. The third-order valence-corrected chi connectivity index (χ3v) is 3.50. The molecule has 0 aliphatic rings. The van der Waals surface area contributed by atoms with Gasteiger partial charge in [-0.15, -0.1) is 0 Å². The summed E-state index contributed by atoms with van der Waals surface area (Å²) in [5.74, 6) is -0.228. The van der Waals surface area contributed by atoms with Gasteiger partial charge in [-0.05, 0) is 55.3 Å². The van der Waals surface area contributed by atoms with Crippen molar-refractivity contribution in [3.8, 4) is 0 Å². The van der Waals surface area contributed by atoms with Crippen LogP contribution in [0.15, 0.2) is 48.5 Å².